The molecule has 1 aliphatic heterocycles. The van der Waals surface area contributed by atoms with Crippen LogP contribution in [0.4, 0.5) is 0 Å². The van der Waals surface area contributed by atoms with E-state index in [1.807, 2.05) is 0 Å². The third kappa shape index (κ3) is 5.80. The molecule has 1 aliphatic rings. The molecule has 114 valence electrons. The molecule has 0 amide bonds. The van der Waals surface area contributed by atoms with Gasteiger partial charge in [-0.05, 0) is 38.6 Å². The van der Waals surface area contributed by atoms with Gasteiger partial charge in [-0.1, -0.05) is 27.2 Å². The van der Waals surface area contributed by atoms with Gasteiger partial charge in [-0.2, -0.15) is 0 Å². The Morgan fingerprint density at radius 3 is 2.37 bits per heavy atom. The van der Waals surface area contributed by atoms with Crippen molar-refractivity contribution in [2.24, 2.45) is 5.41 Å². The minimum Gasteiger partial charge on any atom is -0.381 e. The summed E-state index contributed by atoms with van der Waals surface area (Å²) in [5.74, 6) is 0. The molecule has 1 atom stereocenters. The zero-order chi connectivity index (χ0) is 14.3. The molecule has 1 fully saturated rings. The van der Waals surface area contributed by atoms with Gasteiger partial charge in [0.05, 0.1) is 0 Å². The molecule has 0 bridgehead atoms. The molecule has 0 aliphatic carbocycles. The monoisotopic (exact) mass is 270 g/mol. The van der Waals surface area contributed by atoms with Crippen LogP contribution in [0.2, 0.25) is 0 Å². The molecule has 1 saturated heterocycles. The molecule has 1 rings (SSSR count). The van der Waals surface area contributed by atoms with E-state index in [-0.39, 0.29) is 0 Å². The number of hydrogen-bond donors (Lipinski definition) is 1. The Morgan fingerprint density at radius 1 is 1.21 bits per heavy atom. The minimum atomic E-state index is 0.402. The highest BCUT2D eigenvalue weighted by atomic mass is 16.5. The van der Waals surface area contributed by atoms with E-state index in [9.17, 15) is 0 Å². The highest BCUT2D eigenvalue weighted by Gasteiger charge is 2.34. The Hall–Kier alpha value is -0.120. The smallest absolute Gasteiger partial charge is 0.0472 e. The molecule has 3 heteroatoms. The lowest BCUT2D eigenvalue weighted by atomic mass is 9.79. The predicted molar refractivity (Wildman–Crippen MR) is 82.6 cm³/mol. The Balaban J connectivity index is 2.57. The molecule has 0 spiro atoms. The molecule has 0 saturated carbocycles. The lowest BCUT2D eigenvalue weighted by Gasteiger charge is -2.42. The average Bonchev–Trinajstić information content (AvgIpc) is 2.38. The van der Waals surface area contributed by atoms with E-state index in [4.69, 9.17) is 4.74 Å². The quantitative estimate of drug-likeness (QED) is 0.734. The number of rotatable bonds is 8. The van der Waals surface area contributed by atoms with Gasteiger partial charge in [0.25, 0.3) is 0 Å². The highest BCUT2D eigenvalue weighted by Crippen LogP contribution is 2.31. The van der Waals surface area contributed by atoms with Crippen LogP contribution in [0.5, 0.6) is 0 Å². The van der Waals surface area contributed by atoms with Crippen LogP contribution in [0.25, 0.3) is 0 Å². The van der Waals surface area contributed by atoms with E-state index in [2.05, 4.69) is 45.0 Å². The molecule has 1 unspecified atom stereocenters. The van der Waals surface area contributed by atoms with Gasteiger partial charge in [0.2, 0.25) is 0 Å². The summed E-state index contributed by atoms with van der Waals surface area (Å²) in [7, 11) is 2.28. The van der Waals surface area contributed by atoms with Crippen molar-refractivity contribution >= 4 is 0 Å². The van der Waals surface area contributed by atoms with Crippen molar-refractivity contribution in [3.8, 4) is 0 Å². The Kier molecular flexibility index (Phi) is 7.33. The van der Waals surface area contributed by atoms with Crippen LogP contribution in [0.1, 0.15) is 53.4 Å². The number of nitrogens with one attached hydrogen (secondary N) is 1. The molecule has 0 aromatic heterocycles. The van der Waals surface area contributed by atoms with E-state index in [0.717, 1.165) is 19.8 Å². The maximum atomic E-state index is 5.57. The van der Waals surface area contributed by atoms with Gasteiger partial charge in [-0.25, -0.2) is 0 Å². The fourth-order valence-corrected chi connectivity index (χ4v) is 2.94. The van der Waals surface area contributed by atoms with Crippen molar-refractivity contribution in [1.29, 1.82) is 0 Å². The van der Waals surface area contributed by atoms with Crippen molar-refractivity contribution < 1.29 is 4.74 Å². The molecule has 3 nitrogen and oxygen atoms in total. The van der Waals surface area contributed by atoms with E-state index < -0.39 is 0 Å². The molecular weight excluding hydrogens is 236 g/mol. The van der Waals surface area contributed by atoms with Crippen molar-refractivity contribution in [3.05, 3.63) is 0 Å². The summed E-state index contributed by atoms with van der Waals surface area (Å²) < 4.78 is 5.57. The van der Waals surface area contributed by atoms with Crippen molar-refractivity contribution in [3.63, 3.8) is 0 Å². The zero-order valence-corrected chi connectivity index (χ0v) is 13.7. The summed E-state index contributed by atoms with van der Waals surface area (Å²) in [6.07, 6.45) is 4.94. The van der Waals surface area contributed by atoms with Gasteiger partial charge in [-0.15, -0.1) is 0 Å². The summed E-state index contributed by atoms with van der Waals surface area (Å²) in [5.41, 5.74) is 0.402. The zero-order valence-electron chi connectivity index (χ0n) is 13.7. The summed E-state index contributed by atoms with van der Waals surface area (Å²) in [6.45, 7) is 13.3. The molecule has 19 heavy (non-hydrogen) atoms. The topological polar surface area (TPSA) is 24.5 Å². The van der Waals surface area contributed by atoms with Gasteiger partial charge in [0.15, 0.2) is 0 Å². The van der Waals surface area contributed by atoms with E-state index in [0.29, 0.717) is 17.5 Å². The molecule has 0 aromatic rings. The van der Waals surface area contributed by atoms with Crippen LogP contribution >= 0.6 is 0 Å². The first-order valence-electron chi connectivity index (χ1n) is 8.00. The van der Waals surface area contributed by atoms with Gasteiger partial charge in [0.1, 0.15) is 0 Å². The third-order valence-electron chi connectivity index (χ3n) is 4.48. The van der Waals surface area contributed by atoms with E-state index in [1.54, 1.807) is 0 Å². The average molecular weight is 270 g/mol. The summed E-state index contributed by atoms with van der Waals surface area (Å²) in [4.78, 5) is 2.55. The second-order valence-electron chi connectivity index (χ2n) is 6.70. The second-order valence-corrected chi connectivity index (χ2v) is 6.70. The lowest BCUT2D eigenvalue weighted by molar-refractivity contribution is -0.00697. The largest absolute Gasteiger partial charge is 0.381 e. The first-order valence-corrected chi connectivity index (χ1v) is 8.00. The lowest BCUT2D eigenvalue weighted by Crippen LogP contribution is -2.49. The minimum absolute atomic E-state index is 0.402. The number of hydrogen-bond acceptors (Lipinski definition) is 3. The van der Waals surface area contributed by atoms with Crippen LogP contribution < -0.4 is 5.32 Å². The Morgan fingerprint density at radius 2 is 1.84 bits per heavy atom. The fraction of sp³-hybridized carbons (Fsp3) is 1.00. The molecule has 0 radical (unpaired) electrons. The first-order chi connectivity index (χ1) is 8.99. The summed E-state index contributed by atoms with van der Waals surface area (Å²) in [5, 5.41) is 3.65. The summed E-state index contributed by atoms with van der Waals surface area (Å²) in [6, 6.07) is 1.25. The highest BCUT2D eigenvalue weighted by molar-refractivity contribution is 4.88. The molecule has 0 aromatic carbocycles. The van der Waals surface area contributed by atoms with Gasteiger partial charge >= 0.3 is 0 Å². The maximum Gasteiger partial charge on any atom is 0.0472 e. The SMILES string of the molecule is CCCC(C)N(C)CC1(CNC(C)C)CCOCC1. The molecule has 1 N–H and O–H groups in total. The second kappa shape index (κ2) is 8.23. The number of ether oxygens (including phenoxy) is 1. The van der Waals surface area contributed by atoms with Gasteiger partial charge in [-0.3, -0.25) is 0 Å². The van der Waals surface area contributed by atoms with E-state index in [1.165, 1.54) is 32.2 Å². The van der Waals surface area contributed by atoms with Crippen LogP contribution in [-0.2, 0) is 4.74 Å². The fourth-order valence-electron chi connectivity index (χ4n) is 2.94. The van der Waals surface area contributed by atoms with Crippen molar-refractivity contribution in [2.75, 3.05) is 33.4 Å². The first kappa shape index (κ1) is 16.9. The Bertz CT molecular complexity index is 237. The summed E-state index contributed by atoms with van der Waals surface area (Å²) >= 11 is 0. The molecule has 1 heterocycles. The van der Waals surface area contributed by atoms with Gasteiger partial charge < -0.3 is 15.0 Å². The van der Waals surface area contributed by atoms with Crippen LogP contribution in [-0.4, -0.2) is 50.3 Å². The maximum absolute atomic E-state index is 5.57. The van der Waals surface area contributed by atoms with Gasteiger partial charge in [0, 0.05) is 38.4 Å². The van der Waals surface area contributed by atoms with Crippen LogP contribution in [0.15, 0.2) is 0 Å². The predicted octanol–water partition coefficient (Wildman–Crippen LogP) is 2.90. The van der Waals surface area contributed by atoms with Crippen LogP contribution in [0, 0.1) is 5.41 Å². The third-order valence-corrected chi connectivity index (χ3v) is 4.48. The number of nitrogens with zero attached hydrogens (tertiary/aromatic N) is 1. The Labute approximate surface area is 120 Å². The molecular formula is C16H34N2O. The van der Waals surface area contributed by atoms with Crippen molar-refractivity contribution in [1.82, 2.24) is 10.2 Å². The van der Waals surface area contributed by atoms with Crippen molar-refractivity contribution in [2.45, 2.75) is 65.5 Å². The van der Waals surface area contributed by atoms with E-state index >= 15 is 0 Å². The standard InChI is InChI=1S/C16H34N2O/c1-6-7-15(4)18(5)13-16(12-17-14(2)3)8-10-19-11-9-16/h14-15,17H,6-13H2,1-5H3. The normalized spacial score (nSPS) is 21.0. The van der Waals surface area contributed by atoms with Crippen LogP contribution in [0.3, 0.4) is 0 Å².